The SMILES string of the molecule is COC(=O)C1=CC2=C3CCCCC3N(C(C)C)C2C=C1. The van der Waals surface area contributed by atoms with E-state index in [1.54, 1.807) is 5.57 Å². The average molecular weight is 273 g/mol. The van der Waals surface area contributed by atoms with Gasteiger partial charge in [-0.2, -0.15) is 0 Å². The molecule has 20 heavy (non-hydrogen) atoms. The second-order valence-corrected chi connectivity index (χ2v) is 6.18. The van der Waals surface area contributed by atoms with Crippen LogP contribution in [0.15, 0.2) is 34.9 Å². The molecular formula is C17H23NO2. The first-order valence-corrected chi connectivity index (χ1v) is 7.62. The summed E-state index contributed by atoms with van der Waals surface area (Å²) < 4.78 is 4.85. The molecule has 108 valence electrons. The number of hydrogen-bond donors (Lipinski definition) is 0. The molecule has 1 heterocycles. The van der Waals surface area contributed by atoms with Gasteiger partial charge in [0, 0.05) is 12.1 Å². The van der Waals surface area contributed by atoms with Gasteiger partial charge in [-0.05, 0) is 56.4 Å². The molecule has 0 bridgehead atoms. The molecule has 0 N–H and O–H groups in total. The fourth-order valence-corrected chi connectivity index (χ4v) is 3.92. The Morgan fingerprint density at radius 3 is 2.90 bits per heavy atom. The van der Waals surface area contributed by atoms with Crippen molar-refractivity contribution in [3.05, 3.63) is 34.9 Å². The third kappa shape index (κ3) is 2.05. The zero-order valence-electron chi connectivity index (χ0n) is 12.6. The van der Waals surface area contributed by atoms with E-state index in [9.17, 15) is 4.79 Å². The van der Waals surface area contributed by atoms with E-state index in [4.69, 9.17) is 4.74 Å². The van der Waals surface area contributed by atoms with Crippen LogP contribution in [0.1, 0.15) is 39.5 Å². The van der Waals surface area contributed by atoms with E-state index in [0.29, 0.717) is 23.7 Å². The second-order valence-electron chi connectivity index (χ2n) is 6.18. The summed E-state index contributed by atoms with van der Waals surface area (Å²) in [7, 11) is 1.44. The molecule has 0 aromatic rings. The van der Waals surface area contributed by atoms with Crippen LogP contribution in [0.2, 0.25) is 0 Å². The zero-order chi connectivity index (χ0) is 14.3. The van der Waals surface area contributed by atoms with Gasteiger partial charge in [-0.15, -0.1) is 0 Å². The van der Waals surface area contributed by atoms with Gasteiger partial charge in [0.25, 0.3) is 0 Å². The van der Waals surface area contributed by atoms with E-state index in [-0.39, 0.29) is 5.97 Å². The Labute approximate surface area is 121 Å². The number of ether oxygens (including phenoxy) is 1. The lowest BCUT2D eigenvalue weighted by molar-refractivity contribution is -0.135. The summed E-state index contributed by atoms with van der Waals surface area (Å²) in [6.07, 6.45) is 11.2. The van der Waals surface area contributed by atoms with Crippen molar-refractivity contribution in [3.8, 4) is 0 Å². The predicted octanol–water partition coefficient (Wildman–Crippen LogP) is 2.99. The highest BCUT2D eigenvalue weighted by atomic mass is 16.5. The van der Waals surface area contributed by atoms with Gasteiger partial charge < -0.3 is 4.74 Å². The van der Waals surface area contributed by atoms with Gasteiger partial charge in [-0.25, -0.2) is 4.79 Å². The summed E-state index contributed by atoms with van der Waals surface area (Å²) >= 11 is 0. The van der Waals surface area contributed by atoms with Gasteiger partial charge in [-0.3, -0.25) is 4.90 Å². The number of esters is 1. The van der Waals surface area contributed by atoms with Gasteiger partial charge in [0.1, 0.15) is 0 Å². The molecule has 1 aliphatic heterocycles. The van der Waals surface area contributed by atoms with E-state index in [0.717, 1.165) is 0 Å². The fourth-order valence-electron chi connectivity index (χ4n) is 3.92. The summed E-state index contributed by atoms with van der Waals surface area (Å²) in [4.78, 5) is 14.4. The number of rotatable bonds is 2. The molecule has 0 amide bonds. The van der Waals surface area contributed by atoms with Gasteiger partial charge in [0.2, 0.25) is 0 Å². The van der Waals surface area contributed by atoms with E-state index < -0.39 is 0 Å². The molecule has 0 aromatic carbocycles. The molecule has 3 nitrogen and oxygen atoms in total. The van der Waals surface area contributed by atoms with Crippen molar-refractivity contribution >= 4 is 5.97 Å². The van der Waals surface area contributed by atoms with Crippen molar-refractivity contribution in [3.63, 3.8) is 0 Å². The molecule has 0 spiro atoms. The molecule has 2 atom stereocenters. The van der Waals surface area contributed by atoms with E-state index in [2.05, 4.69) is 30.9 Å². The minimum absolute atomic E-state index is 0.233. The maximum absolute atomic E-state index is 11.8. The van der Waals surface area contributed by atoms with Crippen molar-refractivity contribution in [1.82, 2.24) is 4.90 Å². The van der Waals surface area contributed by atoms with Crippen LogP contribution in [0.25, 0.3) is 0 Å². The highest BCUT2D eigenvalue weighted by molar-refractivity contribution is 5.93. The fraction of sp³-hybridized carbons (Fsp3) is 0.588. The third-order valence-electron chi connectivity index (χ3n) is 4.73. The van der Waals surface area contributed by atoms with E-state index >= 15 is 0 Å². The van der Waals surface area contributed by atoms with Crippen molar-refractivity contribution in [1.29, 1.82) is 0 Å². The first kappa shape index (κ1) is 13.6. The molecule has 2 unspecified atom stereocenters. The van der Waals surface area contributed by atoms with E-state index in [1.165, 1.54) is 38.4 Å². The minimum atomic E-state index is -0.233. The predicted molar refractivity (Wildman–Crippen MR) is 79.3 cm³/mol. The number of hydrogen-bond acceptors (Lipinski definition) is 3. The highest BCUT2D eigenvalue weighted by Gasteiger charge is 2.41. The Morgan fingerprint density at radius 2 is 2.20 bits per heavy atom. The van der Waals surface area contributed by atoms with Crippen LogP contribution in [-0.2, 0) is 9.53 Å². The lowest BCUT2D eigenvalue weighted by Gasteiger charge is -2.36. The number of methoxy groups -OCH3 is 1. The minimum Gasteiger partial charge on any atom is -0.465 e. The van der Waals surface area contributed by atoms with Crippen molar-refractivity contribution in [2.75, 3.05) is 7.11 Å². The van der Waals surface area contributed by atoms with Crippen molar-refractivity contribution < 1.29 is 9.53 Å². The van der Waals surface area contributed by atoms with Crippen molar-refractivity contribution in [2.24, 2.45) is 0 Å². The Balaban J connectivity index is 2.00. The molecule has 3 rings (SSSR count). The summed E-state index contributed by atoms with van der Waals surface area (Å²) in [5, 5.41) is 0. The van der Waals surface area contributed by atoms with E-state index in [1.807, 2.05) is 6.08 Å². The highest BCUT2D eigenvalue weighted by Crippen LogP contribution is 2.43. The van der Waals surface area contributed by atoms with Crippen LogP contribution in [-0.4, -0.2) is 36.1 Å². The standard InChI is InChI=1S/C17H23NO2/c1-11(2)18-15-7-5-4-6-13(15)14-10-12(17(19)20-3)8-9-16(14)18/h8-11,15-16H,4-7H2,1-3H3. The molecule has 1 fully saturated rings. The second kappa shape index (κ2) is 5.21. The van der Waals surface area contributed by atoms with Crippen LogP contribution < -0.4 is 0 Å². The first-order chi connectivity index (χ1) is 9.63. The summed E-state index contributed by atoms with van der Waals surface area (Å²) in [5.41, 5.74) is 3.59. The van der Waals surface area contributed by atoms with Crippen LogP contribution in [0.5, 0.6) is 0 Å². The number of fused-ring (bicyclic) bond motifs is 2. The Kier molecular flexibility index (Phi) is 3.55. The third-order valence-corrected chi connectivity index (χ3v) is 4.73. The quantitative estimate of drug-likeness (QED) is 0.724. The van der Waals surface area contributed by atoms with Crippen LogP contribution in [0.4, 0.5) is 0 Å². The van der Waals surface area contributed by atoms with Gasteiger partial charge in [0.15, 0.2) is 0 Å². The smallest absolute Gasteiger partial charge is 0.337 e. The maximum atomic E-state index is 11.8. The summed E-state index contributed by atoms with van der Waals surface area (Å²) in [5.74, 6) is -0.233. The molecule has 0 saturated heterocycles. The Bertz CT molecular complexity index is 513. The van der Waals surface area contributed by atoms with Crippen LogP contribution in [0, 0.1) is 0 Å². The van der Waals surface area contributed by atoms with Crippen molar-refractivity contribution in [2.45, 2.75) is 57.7 Å². The van der Waals surface area contributed by atoms with Gasteiger partial charge in [-0.1, -0.05) is 12.5 Å². The molecule has 0 aromatic heterocycles. The summed E-state index contributed by atoms with van der Waals surface area (Å²) in [6.45, 7) is 4.53. The monoisotopic (exact) mass is 273 g/mol. The lowest BCUT2D eigenvalue weighted by Crippen LogP contribution is -2.43. The molecule has 3 aliphatic rings. The number of nitrogens with zero attached hydrogens (tertiary/aromatic N) is 1. The normalized spacial score (nSPS) is 29.3. The zero-order valence-corrected chi connectivity index (χ0v) is 12.6. The molecule has 1 saturated carbocycles. The Hall–Kier alpha value is -1.35. The Morgan fingerprint density at radius 1 is 1.40 bits per heavy atom. The summed E-state index contributed by atoms with van der Waals surface area (Å²) in [6, 6.07) is 1.44. The average Bonchev–Trinajstić information content (AvgIpc) is 2.80. The number of carbonyl (C=O) groups excluding carboxylic acids is 1. The van der Waals surface area contributed by atoms with Crippen LogP contribution >= 0.6 is 0 Å². The lowest BCUT2D eigenvalue weighted by atomic mass is 9.87. The molecular weight excluding hydrogens is 250 g/mol. The largest absolute Gasteiger partial charge is 0.465 e. The number of carbonyl (C=O) groups is 1. The maximum Gasteiger partial charge on any atom is 0.337 e. The molecule has 0 radical (unpaired) electrons. The first-order valence-electron chi connectivity index (χ1n) is 7.62. The molecule has 2 aliphatic carbocycles. The van der Waals surface area contributed by atoms with Gasteiger partial charge >= 0.3 is 5.97 Å². The van der Waals surface area contributed by atoms with Gasteiger partial charge in [0.05, 0.1) is 18.7 Å². The molecule has 3 heteroatoms. The van der Waals surface area contributed by atoms with Crippen LogP contribution in [0.3, 0.4) is 0 Å². The topological polar surface area (TPSA) is 29.5 Å².